The summed E-state index contributed by atoms with van der Waals surface area (Å²) >= 11 is 1.80. The molecule has 5 unspecified atom stereocenters. The number of aromatic hydroxyl groups is 1. The molecule has 3 N–H and O–H groups in total. The monoisotopic (exact) mass is 919 g/mol. The molecule has 6 rings (SSSR count). The summed E-state index contributed by atoms with van der Waals surface area (Å²) in [5.74, 6) is 2.27. The number of amidine groups is 1. The van der Waals surface area contributed by atoms with Crippen molar-refractivity contribution in [2.24, 2.45) is 21.8 Å². The van der Waals surface area contributed by atoms with Crippen LogP contribution in [0.15, 0.2) is 100 Å². The Bertz CT molecular complexity index is 2280. The Morgan fingerprint density at radius 2 is 1.61 bits per heavy atom. The van der Waals surface area contributed by atoms with Gasteiger partial charge in [-0.25, -0.2) is 9.98 Å². The third-order valence-electron chi connectivity index (χ3n) is 12.8. The fraction of sp³-hybridized carbons (Fsp3) is 0.491. The smallest absolute Gasteiger partial charge is 0.257 e. The summed E-state index contributed by atoms with van der Waals surface area (Å²) < 4.78 is 12.0. The van der Waals surface area contributed by atoms with Crippen molar-refractivity contribution in [3.05, 3.63) is 112 Å². The number of nitrogens with zero attached hydrogens (tertiary/aromatic N) is 4. The molecule has 3 aliphatic rings. The second-order valence-corrected chi connectivity index (χ2v) is 19.7. The van der Waals surface area contributed by atoms with Crippen molar-refractivity contribution >= 4 is 46.1 Å². The van der Waals surface area contributed by atoms with Crippen LogP contribution in [-0.4, -0.2) is 107 Å². The van der Waals surface area contributed by atoms with Gasteiger partial charge < -0.3 is 34.8 Å². The summed E-state index contributed by atoms with van der Waals surface area (Å²) in [5, 5.41) is 23.5. The van der Waals surface area contributed by atoms with Crippen LogP contribution in [0.4, 0.5) is 0 Å². The predicted octanol–water partition coefficient (Wildman–Crippen LogP) is 8.87. The Morgan fingerprint density at radius 3 is 2.26 bits per heavy atom. The molecule has 0 saturated carbocycles. The van der Waals surface area contributed by atoms with Crippen molar-refractivity contribution in [1.82, 2.24) is 15.1 Å². The summed E-state index contributed by atoms with van der Waals surface area (Å²) in [4.78, 5) is 55.0. The highest BCUT2D eigenvalue weighted by atomic mass is 32.2. The van der Waals surface area contributed by atoms with Crippen LogP contribution in [0.25, 0.3) is 4.91 Å². The van der Waals surface area contributed by atoms with E-state index in [1.165, 1.54) is 10.5 Å². The number of likely N-dealkylation sites (N-methyl/N-ethyl adjacent to an activating group) is 1. The van der Waals surface area contributed by atoms with E-state index < -0.39 is 23.6 Å². The molecule has 0 spiro atoms. The molecule has 3 heterocycles. The number of rotatable bonds is 21. The molecule has 0 aliphatic carbocycles. The molecule has 3 aliphatic heterocycles. The second kappa shape index (κ2) is 22.9. The minimum Gasteiger partial charge on any atom is -0.508 e. The summed E-state index contributed by atoms with van der Waals surface area (Å²) in [5.41, 5.74) is 5.09. The van der Waals surface area contributed by atoms with E-state index in [0.717, 1.165) is 65.0 Å². The van der Waals surface area contributed by atoms with Gasteiger partial charge in [-0.2, -0.15) is 0 Å². The highest BCUT2D eigenvalue weighted by molar-refractivity contribution is 8.08. The molecular weight excluding hydrogens is 851 g/mol. The van der Waals surface area contributed by atoms with E-state index in [2.05, 4.69) is 38.0 Å². The molecule has 5 atom stereocenters. The van der Waals surface area contributed by atoms with Gasteiger partial charge in [-0.1, -0.05) is 94.6 Å². The van der Waals surface area contributed by atoms with Gasteiger partial charge in [-0.3, -0.25) is 14.4 Å². The maximum atomic E-state index is 14.4. The Labute approximate surface area is 395 Å². The Morgan fingerprint density at radius 1 is 0.939 bits per heavy atom. The number of hydrogen-bond donors (Lipinski definition) is 3. The number of likely N-dealkylation sites (tertiary alicyclic amines) is 1. The van der Waals surface area contributed by atoms with Crippen LogP contribution in [0.5, 0.6) is 11.5 Å². The van der Waals surface area contributed by atoms with E-state index in [-0.39, 0.29) is 48.3 Å². The average molecular weight is 920 g/mol. The number of hydrogen-bond acceptors (Lipinski definition) is 10. The van der Waals surface area contributed by atoms with Crippen molar-refractivity contribution in [3.63, 3.8) is 0 Å². The number of aliphatic hydroxyl groups is 1. The van der Waals surface area contributed by atoms with Gasteiger partial charge in [0.05, 0.1) is 37.8 Å². The number of aliphatic hydroxyl groups excluding tert-OH is 1. The van der Waals surface area contributed by atoms with Gasteiger partial charge in [0.1, 0.15) is 23.9 Å². The number of allylic oxidation sites excluding steroid dienone is 1. The zero-order valence-electron chi connectivity index (χ0n) is 40.0. The lowest BCUT2D eigenvalue weighted by molar-refractivity contribution is -0.136. The fourth-order valence-corrected chi connectivity index (χ4v) is 9.79. The first-order valence-electron chi connectivity index (χ1n) is 23.5. The lowest BCUT2D eigenvalue weighted by Crippen LogP contribution is -2.49. The van der Waals surface area contributed by atoms with Gasteiger partial charge in [0, 0.05) is 43.3 Å². The largest absolute Gasteiger partial charge is 0.508 e. The van der Waals surface area contributed by atoms with Gasteiger partial charge in [0.15, 0.2) is 5.54 Å². The van der Waals surface area contributed by atoms with Crippen LogP contribution in [-0.2, 0) is 24.7 Å². The number of β-amino-alcohol motifs (C(OH)–C–C–N with tert-alkyl or cyclic N) is 1. The van der Waals surface area contributed by atoms with E-state index in [4.69, 9.17) is 14.5 Å². The topological polar surface area (TPSA) is 153 Å². The second-order valence-electron chi connectivity index (χ2n) is 18.4. The van der Waals surface area contributed by atoms with Crippen LogP contribution >= 0.6 is 11.8 Å². The number of aliphatic imine (C=N–C) groups is 2. The molecule has 3 aromatic carbocycles. The van der Waals surface area contributed by atoms with Crippen LogP contribution < -0.4 is 10.1 Å². The molecule has 0 radical (unpaired) electrons. The Hall–Kier alpha value is -5.40. The van der Waals surface area contributed by atoms with Crippen molar-refractivity contribution in [2.75, 3.05) is 45.6 Å². The maximum Gasteiger partial charge on any atom is 0.257 e. The first-order chi connectivity index (χ1) is 31.6. The summed E-state index contributed by atoms with van der Waals surface area (Å²) in [6.07, 6.45) is 5.32. The van der Waals surface area contributed by atoms with Crippen LogP contribution in [0.3, 0.4) is 0 Å². The molecule has 1 saturated heterocycles. The first kappa shape index (κ1) is 50.0. The summed E-state index contributed by atoms with van der Waals surface area (Å²) in [6.45, 7) is 16.2. The number of benzene rings is 3. The number of carbonyl (C=O) groups excluding carboxylic acids is 3. The summed E-state index contributed by atoms with van der Waals surface area (Å²) in [7, 11) is 1.81. The standard InChI is InChI=1S/C53H69N5O7S/c1-9-66-49(35(4)5)39-15-21-41(22-16-39)53(7)52(63)55-50(56-53)45-31-43(60)33-58(45)51(62)48(34(2)3)40-30-46(54-32-40)65-28-13-11-10-12-14-47(61)57(8)27-29-64-44-25-19-38(20-26-44)36(6)37-17-23-42(59)24-18-37/h15-26,30,34,36,43,45,48,59-60H,9-14,27-29,31-33H2,1-8H3,(H,55,56,63). The highest BCUT2D eigenvalue weighted by Gasteiger charge is 2.48. The van der Waals surface area contributed by atoms with E-state index in [1.54, 1.807) is 40.6 Å². The van der Waals surface area contributed by atoms with Gasteiger partial charge in [-0.05, 0) is 97.4 Å². The lowest BCUT2D eigenvalue weighted by atomic mass is 9.86. The predicted molar refractivity (Wildman–Crippen MR) is 265 cm³/mol. The molecule has 3 amide bonds. The molecule has 0 aromatic heterocycles. The molecule has 66 heavy (non-hydrogen) atoms. The zero-order chi connectivity index (χ0) is 47.5. The number of thioether (sulfide) groups is 1. The number of carbonyl (C=O) groups is 3. The molecular formula is C53H69N5O7S. The molecule has 0 bridgehead atoms. The van der Waals surface area contributed by atoms with Gasteiger partial charge in [0.25, 0.3) is 5.91 Å². The van der Waals surface area contributed by atoms with Crippen molar-refractivity contribution in [3.8, 4) is 11.5 Å². The maximum absolute atomic E-state index is 14.4. The van der Waals surface area contributed by atoms with Crippen LogP contribution in [0.2, 0.25) is 0 Å². The van der Waals surface area contributed by atoms with E-state index in [1.807, 2.05) is 87.6 Å². The van der Waals surface area contributed by atoms with Gasteiger partial charge in [-0.15, -0.1) is 11.8 Å². The van der Waals surface area contributed by atoms with Crippen molar-refractivity contribution in [2.45, 2.75) is 111 Å². The first-order valence-corrected chi connectivity index (χ1v) is 24.5. The van der Waals surface area contributed by atoms with E-state index in [9.17, 15) is 24.6 Å². The van der Waals surface area contributed by atoms with Crippen LogP contribution in [0.1, 0.15) is 115 Å². The zero-order valence-corrected chi connectivity index (χ0v) is 40.8. The normalized spacial score (nSPS) is 20.1. The number of amides is 3. The molecule has 13 heteroatoms. The SMILES string of the molecule is CCSC(=C(C)C)c1ccc(C2(C)N=C(C3CC(O)CN3C(=O)C(C3=CC(OCCCCCCC(=O)N(C)CCOc4ccc(C(C)c5ccc(O)cc5)cc4)=NC3)C(C)C)NC2=O)cc1. The third kappa shape index (κ3) is 12.3. The highest BCUT2D eigenvalue weighted by Crippen LogP contribution is 2.37. The summed E-state index contributed by atoms with van der Waals surface area (Å²) in [6, 6.07) is 22.7. The van der Waals surface area contributed by atoms with Crippen molar-refractivity contribution < 1.29 is 34.1 Å². The Balaban J connectivity index is 0.921. The molecule has 3 aromatic rings. The lowest BCUT2D eigenvalue weighted by Gasteiger charge is -2.31. The van der Waals surface area contributed by atoms with Gasteiger partial charge >= 0.3 is 0 Å². The van der Waals surface area contributed by atoms with Crippen molar-refractivity contribution in [1.29, 1.82) is 0 Å². The number of phenols is 1. The fourth-order valence-electron chi connectivity index (χ4n) is 8.91. The minimum atomic E-state index is -1.17. The molecule has 1 fully saturated rings. The average Bonchev–Trinajstić information content (AvgIpc) is 4.01. The molecule has 354 valence electrons. The van der Waals surface area contributed by atoms with Gasteiger partial charge in [0.2, 0.25) is 17.7 Å². The molecule has 12 nitrogen and oxygen atoms in total. The quantitative estimate of drug-likeness (QED) is 0.0897. The van der Waals surface area contributed by atoms with E-state index in [0.29, 0.717) is 44.5 Å². The number of phenolic OH excluding ortho intramolecular Hbond substituents is 1. The number of ether oxygens (including phenoxy) is 2. The number of unbranched alkanes of at least 4 members (excludes halogenated alkanes) is 3. The number of nitrogens with one attached hydrogen (secondary N) is 1. The van der Waals surface area contributed by atoms with Crippen LogP contribution in [0, 0.1) is 11.8 Å². The third-order valence-corrected chi connectivity index (χ3v) is 14.1. The minimum absolute atomic E-state index is 0.0446. The Kier molecular flexibility index (Phi) is 17.3. The van der Waals surface area contributed by atoms with E-state index >= 15 is 0 Å².